The molecule has 3 rings (SSSR count). The standard InChI is InChI=1S/C18H22N2O5/c1-22-11-5-6-12-13(9-11)19-20-16(12)17(21)10-7-14(23-2)18(25-4)15(8-10)24-3/h5-9,16-17,19-21H,1-4H3. The highest BCUT2D eigenvalue weighted by molar-refractivity contribution is 5.60. The molecule has 7 nitrogen and oxygen atoms in total. The highest BCUT2D eigenvalue weighted by Crippen LogP contribution is 2.44. The lowest BCUT2D eigenvalue weighted by atomic mass is 9.95. The molecule has 0 spiro atoms. The maximum atomic E-state index is 10.9. The number of ether oxygens (including phenoxy) is 4. The number of aliphatic hydroxyl groups is 1. The summed E-state index contributed by atoms with van der Waals surface area (Å²) in [4.78, 5) is 0. The molecule has 0 aliphatic carbocycles. The second-order valence-corrected chi connectivity index (χ2v) is 5.60. The summed E-state index contributed by atoms with van der Waals surface area (Å²) in [7, 11) is 6.25. The first-order valence-corrected chi connectivity index (χ1v) is 7.80. The summed E-state index contributed by atoms with van der Waals surface area (Å²) in [6.45, 7) is 0. The van der Waals surface area contributed by atoms with Gasteiger partial charge in [0.25, 0.3) is 0 Å². The molecule has 2 atom stereocenters. The minimum atomic E-state index is -0.823. The van der Waals surface area contributed by atoms with Gasteiger partial charge < -0.3 is 29.5 Å². The SMILES string of the molecule is COc1ccc2c(c1)NNC2C(O)c1cc(OC)c(OC)c(OC)c1. The van der Waals surface area contributed by atoms with Crippen molar-refractivity contribution in [3.63, 3.8) is 0 Å². The minimum Gasteiger partial charge on any atom is -0.497 e. The monoisotopic (exact) mass is 346 g/mol. The van der Waals surface area contributed by atoms with Crippen LogP contribution in [-0.2, 0) is 0 Å². The number of methoxy groups -OCH3 is 4. The van der Waals surface area contributed by atoms with Crippen molar-refractivity contribution >= 4 is 5.69 Å². The van der Waals surface area contributed by atoms with E-state index in [0.29, 0.717) is 22.8 Å². The topological polar surface area (TPSA) is 81.2 Å². The Hall–Kier alpha value is -2.64. The van der Waals surface area contributed by atoms with Crippen LogP contribution < -0.4 is 29.8 Å². The number of nitrogens with one attached hydrogen (secondary N) is 2. The molecule has 2 aromatic carbocycles. The van der Waals surface area contributed by atoms with Crippen molar-refractivity contribution in [3.8, 4) is 23.0 Å². The molecular formula is C18H22N2O5. The highest BCUT2D eigenvalue weighted by atomic mass is 16.5. The van der Waals surface area contributed by atoms with Crippen molar-refractivity contribution in [2.75, 3.05) is 33.9 Å². The van der Waals surface area contributed by atoms with Crippen LogP contribution in [0.4, 0.5) is 5.69 Å². The number of hydrogen-bond acceptors (Lipinski definition) is 7. The van der Waals surface area contributed by atoms with Gasteiger partial charge in [0, 0.05) is 6.07 Å². The van der Waals surface area contributed by atoms with E-state index in [1.54, 1.807) is 40.6 Å². The van der Waals surface area contributed by atoms with Crippen LogP contribution in [0, 0.1) is 0 Å². The van der Waals surface area contributed by atoms with E-state index in [0.717, 1.165) is 17.0 Å². The zero-order valence-corrected chi connectivity index (χ0v) is 14.6. The molecule has 25 heavy (non-hydrogen) atoms. The van der Waals surface area contributed by atoms with Crippen LogP contribution in [0.1, 0.15) is 23.3 Å². The van der Waals surface area contributed by atoms with Gasteiger partial charge in [-0.2, -0.15) is 0 Å². The molecule has 0 radical (unpaired) electrons. The Kier molecular flexibility index (Phi) is 4.87. The first-order chi connectivity index (χ1) is 12.1. The summed E-state index contributed by atoms with van der Waals surface area (Å²) in [6, 6.07) is 8.83. The normalized spacial score (nSPS) is 16.6. The Morgan fingerprint density at radius 3 is 2.16 bits per heavy atom. The van der Waals surface area contributed by atoms with Crippen LogP contribution in [0.3, 0.4) is 0 Å². The van der Waals surface area contributed by atoms with E-state index in [9.17, 15) is 5.11 Å². The van der Waals surface area contributed by atoms with E-state index in [2.05, 4.69) is 10.9 Å². The van der Waals surface area contributed by atoms with Crippen molar-refractivity contribution in [2.45, 2.75) is 12.1 Å². The molecule has 0 amide bonds. The second kappa shape index (κ2) is 7.08. The van der Waals surface area contributed by atoms with Gasteiger partial charge in [-0.1, -0.05) is 6.07 Å². The molecule has 1 aliphatic heterocycles. The molecule has 134 valence electrons. The highest BCUT2D eigenvalue weighted by Gasteiger charge is 2.31. The Bertz CT molecular complexity index is 740. The lowest BCUT2D eigenvalue weighted by molar-refractivity contribution is 0.136. The second-order valence-electron chi connectivity index (χ2n) is 5.60. The van der Waals surface area contributed by atoms with Gasteiger partial charge >= 0.3 is 0 Å². The maximum absolute atomic E-state index is 10.9. The van der Waals surface area contributed by atoms with E-state index in [1.165, 1.54) is 0 Å². The van der Waals surface area contributed by atoms with E-state index >= 15 is 0 Å². The minimum absolute atomic E-state index is 0.330. The van der Waals surface area contributed by atoms with Crippen LogP contribution in [0.5, 0.6) is 23.0 Å². The Morgan fingerprint density at radius 1 is 0.920 bits per heavy atom. The molecule has 1 aliphatic rings. The van der Waals surface area contributed by atoms with Crippen LogP contribution in [0.2, 0.25) is 0 Å². The van der Waals surface area contributed by atoms with Gasteiger partial charge in [-0.3, -0.25) is 0 Å². The zero-order valence-electron chi connectivity index (χ0n) is 14.6. The van der Waals surface area contributed by atoms with Gasteiger partial charge in [-0.15, -0.1) is 0 Å². The Morgan fingerprint density at radius 2 is 1.60 bits per heavy atom. The molecule has 0 fully saturated rings. The van der Waals surface area contributed by atoms with E-state index in [-0.39, 0.29) is 6.04 Å². The third kappa shape index (κ3) is 3.04. The van der Waals surface area contributed by atoms with Crippen LogP contribution >= 0.6 is 0 Å². The number of anilines is 1. The van der Waals surface area contributed by atoms with Crippen molar-refractivity contribution in [2.24, 2.45) is 0 Å². The van der Waals surface area contributed by atoms with Crippen molar-refractivity contribution in [3.05, 3.63) is 41.5 Å². The average molecular weight is 346 g/mol. The lowest BCUT2D eigenvalue weighted by Gasteiger charge is -2.21. The van der Waals surface area contributed by atoms with Gasteiger partial charge in [-0.05, 0) is 29.3 Å². The molecule has 0 saturated heterocycles. The van der Waals surface area contributed by atoms with Crippen molar-refractivity contribution < 1.29 is 24.1 Å². The Balaban J connectivity index is 1.96. The molecule has 2 aromatic rings. The number of hydrazine groups is 1. The largest absolute Gasteiger partial charge is 0.497 e. The fourth-order valence-corrected chi connectivity index (χ4v) is 2.99. The van der Waals surface area contributed by atoms with Crippen LogP contribution in [0.25, 0.3) is 0 Å². The Labute approximate surface area is 146 Å². The number of aliphatic hydroxyl groups excluding tert-OH is 1. The lowest BCUT2D eigenvalue weighted by Crippen LogP contribution is -2.24. The van der Waals surface area contributed by atoms with Gasteiger partial charge in [-0.25, -0.2) is 5.43 Å². The molecule has 0 aromatic heterocycles. The number of fused-ring (bicyclic) bond motifs is 1. The summed E-state index contributed by atoms with van der Waals surface area (Å²) >= 11 is 0. The molecule has 2 unspecified atom stereocenters. The van der Waals surface area contributed by atoms with Gasteiger partial charge in [0.2, 0.25) is 5.75 Å². The van der Waals surface area contributed by atoms with Gasteiger partial charge in [0.05, 0.1) is 40.2 Å². The maximum Gasteiger partial charge on any atom is 0.203 e. The molecule has 7 heteroatoms. The molecule has 0 saturated carbocycles. The number of benzene rings is 2. The smallest absolute Gasteiger partial charge is 0.203 e. The van der Waals surface area contributed by atoms with Crippen LogP contribution in [0.15, 0.2) is 30.3 Å². The van der Waals surface area contributed by atoms with E-state index < -0.39 is 6.10 Å². The molecule has 3 N–H and O–H groups in total. The summed E-state index contributed by atoms with van der Waals surface area (Å²) < 4.78 is 21.3. The first kappa shape index (κ1) is 17.2. The quantitative estimate of drug-likeness (QED) is 0.741. The predicted molar refractivity (Wildman–Crippen MR) is 93.6 cm³/mol. The van der Waals surface area contributed by atoms with Crippen LogP contribution in [-0.4, -0.2) is 33.5 Å². The average Bonchev–Trinajstić information content (AvgIpc) is 3.08. The summed E-state index contributed by atoms with van der Waals surface area (Å²) in [6.07, 6.45) is -0.823. The fourth-order valence-electron chi connectivity index (χ4n) is 2.99. The summed E-state index contributed by atoms with van der Waals surface area (Å²) in [5, 5.41) is 10.9. The molecule has 1 heterocycles. The molecular weight excluding hydrogens is 324 g/mol. The fraction of sp³-hybridized carbons (Fsp3) is 0.333. The zero-order chi connectivity index (χ0) is 18.0. The van der Waals surface area contributed by atoms with E-state index in [4.69, 9.17) is 18.9 Å². The summed E-state index contributed by atoms with van der Waals surface area (Å²) in [5.74, 6) is 2.23. The van der Waals surface area contributed by atoms with Gasteiger partial charge in [0.1, 0.15) is 11.9 Å². The third-order valence-corrected chi connectivity index (χ3v) is 4.30. The summed E-state index contributed by atoms with van der Waals surface area (Å²) in [5.41, 5.74) is 8.65. The van der Waals surface area contributed by atoms with Gasteiger partial charge in [0.15, 0.2) is 11.5 Å². The third-order valence-electron chi connectivity index (χ3n) is 4.30. The first-order valence-electron chi connectivity index (χ1n) is 7.80. The van der Waals surface area contributed by atoms with Crippen molar-refractivity contribution in [1.82, 2.24) is 5.43 Å². The van der Waals surface area contributed by atoms with Crippen molar-refractivity contribution in [1.29, 1.82) is 0 Å². The number of hydrogen-bond donors (Lipinski definition) is 3. The number of rotatable bonds is 6. The predicted octanol–water partition coefficient (Wildman–Crippen LogP) is 2.43. The van der Waals surface area contributed by atoms with E-state index in [1.807, 2.05) is 18.2 Å². The molecule has 0 bridgehead atoms.